The largest absolute Gasteiger partial charge is 0.385 e. The Morgan fingerprint density at radius 1 is 1.47 bits per heavy atom. The number of carbonyl (C=O) groups excluding carboxylic acids is 1. The Hall–Kier alpha value is -2.15. The summed E-state index contributed by atoms with van der Waals surface area (Å²) in [5.41, 5.74) is 1.14. The number of benzene rings is 1. The molecular weight excluding hydrogens is 250 g/mol. The van der Waals surface area contributed by atoms with E-state index < -0.39 is 4.92 Å². The summed E-state index contributed by atoms with van der Waals surface area (Å²) in [6.45, 7) is 2.81. The van der Waals surface area contributed by atoms with Gasteiger partial charge in [0.15, 0.2) is 0 Å². The second-order valence-corrected chi connectivity index (χ2v) is 3.98. The summed E-state index contributed by atoms with van der Waals surface area (Å²) in [6, 6.07) is 3.94. The lowest BCUT2D eigenvalue weighted by molar-refractivity contribution is -0.384. The summed E-state index contributed by atoms with van der Waals surface area (Å²) in [7, 11) is 1.59. The van der Waals surface area contributed by atoms with Crippen molar-refractivity contribution in [3.8, 4) is 0 Å². The highest BCUT2D eigenvalue weighted by Crippen LogP contribution is 2.21. The maximum atomic E-state index is 11.6. The first-order valence-corrected chi connectivity index (χ1v) is 5.83. The summed E-state index contributed by atoms with van der Waals surface area (Å²) in [4.78, 5) is 21.7. The number of aryl methyl sites for hydroxylation is 1. The van der Waals surface area contributed by atoms with Crippen LogP contribution in [0.2, 0.25) is 0 Å². The number of urea groups is 1. The summed E-state index contributed by atoms with van der Waals surface area (Å²) in [6.07, 6.45) is 0.706. The van der Waals surface area contributed by atoms with E-state index in [0.29, 0.717) is 25.3 Å². The molecule has 0 aromatic heterocycles. The Bertz CT molecular complexity index is 462. The second-order valence-electron chi connectivity index (χ2n) is 3.98. The molecule has 0 unspecified atom stereocenters. The maximum Gasteiger partial charge on any atom is 0.319 e. The number of nitrogens with zero attached hydrogens (tertiary/aromatic N) is 1. The average molecular weight is 267 g/mol. The molecule has 0 bridgehead atoms. The fraction of sp³-hybridized carbons (Fsp3) is 0.417. The van der Waals surface area contributed by atoms with Gasteiger partial charge in [0.05, 0.1) is 10.6 Å². The van der Waals surface area contributed by atoms with Crippen LogP contribution in [0.3, 0.4) is 0 Å². The molecule has 0 spiro atoms. The van der Waals surface area contributed by atoms with Gasteiger partial charge in [-0.3, -0.25) is 10.1 Å². The number of methoxy groups -OCH3 is 1. The molecule has 0 aliphatic heterocycles. The van der Waals surface area contributed by atoms with E-state index in [1.165, 1.54) is 12.1 Å². The molecule has 2 amide bonds. The molecule has 0 aliphatic rings. The molecule has 0 saturated carbocycles. The number of nitro groups is 1. The predicted octanol–water partition coefficient (Wildman–Crippen LogP) is 2.06. The van der Waals surface area contributed by atoms with Crippen molar-refractivity contribution in [2.45, 2.75) is 13.3 Å². The lowest BCUT2D eigenvalue weighted by Crippen LogP contribution is -2.30. The standard InChI is InChI=1S/C12H17N3O4/c1-9-4-5-10(15(17)18)8-11(9)14-12(16)13-6-3-7-19-2/h4-5,8H,3,6-7H2,1-2H3,(H2,13,14,16). The lowest BCUT2D eigenvalue weighted by atomic mass is 10.2. The Balaban J connectivity index is 2.58. The molecule has 104 valence electrons. The Morgan fingerprint density at radius 2 is 2.21 bits per heavy atom. The Labute approximate surface area is 111 Å². The van der Waals surface area contributed by atoms with Gasteiger partial charge in [-0.1, -0.05) is 6.07 Å². The van der Waals surface area contributed by atoms with Crippen molar-refractivity contribution in [2.24, 2.45) is 0 Å². The van der Waals surface area contributed by atoms with Gasteiger partial charge in [0.25, 0.3) is 5.69 Å². The highest BCUT2D eigenvalue weighted by atomic mass is 16.6. The molecule has 7 heteroatoms. The molecule has 1 aromatic rings. The van der Waals surface area contributed by atoms with Gasteiger partial charge in [-0.05, 0) is 18.9 Å². The van der Waals surface area contributed by atoms with Gasteiger partial charge >= 0.3 is 6.03 Å². The summed E-state index contributed by atoms with van der Waals surface area (Å²) >= 11 is 0. The highest BCUT2D eigenvalue weighted by molar-refractivity contribution is 5.90. The zero-order chi connectivity index (χ0) is 14.3. The Kier molecular flexibility index (Phi) is 5.74. The molecule has 2 N–H and O–H groups in total. The Morgan fingerprint density at radius 3 is 2.84 bits per heavy atom. The number of ether oxygens (including phenoxy) is 1. The van der Waals surface area contributed by atoms with Crippen LogP contribution in [-0.4, -0.2) is 31.2 Å². The van der Waals surface area contributed by atoms with Crippen molar-refractivity contribution < 1.29 is 14.5 Å². The lowest BCUT2D eigenvalue weighted by Gasteiger charge is -2.09. The SMILES string of the molecule is COCCCNC(=O)Nc1cc([N+](=O)[O-])ccc1C. The molecule has 0 heterocycles. The van der Waals surface area contributed by atoms with E-state index in [1.54, 1.807) is 20.1 Å². The van der Waals surface area contributed by atoms with Crippen molar-refractivity contribution in [3.05, 3.63) is 33.9 Å². The van der Waals surface area contributed by atoms with Crippen LogP contribution in [0, 0.1) is 17.0 Å². The average Bonchev–Trinajstić information content (AvgIpc) is 2.37. The molecule has 1 rings (SSSR count). The number of anilines is 1. The van der Waals surface area contributed by atoms with Crippen molar-refractivity contribution in [1.29, 1.82) is 0 Å². The van der Waals surface area contributed by atoms with Crippen LogP contribution in [0.5, 0.6) is 0 Å². The number of rotatable bonds is 6. The minimum Gasteiger partial charge on any atom is -0.385 e. The maximum absolute atomic E-state index is 11.6. The number of hydrogen-bond donors (Lipinski definition) is 2. The molecule has 1 aromatic carbocycles. The van der Waals surface area contributed by atoms with Gasteiger partial charge in [-0.2, -0.15) is 0 Å². The van der Waals surface area contributed by atoms with Crippen LogP contribution < -0.4 is 10.6 Å². The van der Waals surface area contributed by atoms with E-state index in [0.717, 1.165) is 5.56 Å². The van der Waals surface area contributed by atoms with E-state index in [2.05, 4.69) is 10.6 Å². The quantitative estimate of drug-likeness (QED) is 0.468. The fourth-order valence-electron chi connectivity index (χ4n) is 1.44. The monoisotopic (exact) mass is 267 g/mol. The normalized spacial score (nSPS) is 10.0. The molecule has 0 saturated heterocycles. The van der Waals surface area contributed by atoms with Gasteiger partial charge in [0.2, 0.25) is 0 Å². The van der Waals surface area contributed by atoms with E-state index in [4.69, 9.17) is 4.74 Å². The van der Waals surface area contributed by atoms with Gasteiger partial charge in [0.1, 0.15) is 0 Å². The molecule has 0 radical (unpaired) electrons. The molecule has 0 atom stereocenters. The van der Waals surface area contributed by atoms with Crippen molar-refractivity contribution >= 4 is 17.4 Å². The van der Waals surface area contributed by atoms with Crippen LogP contribution >= 0.6 is 0 Å². The zero-order valence-corrected chi connectivity index (χ0v) is 10.9. The van der Waals surface area contributed by atoms with Crippen LogP contribution in [0.4, 0.5) is 16.2 Å². The number of carbonyl (C=O) groups is 1. The third-order valence-corrected chi connectivity index (χ3v) is 2.49. The van der Waals surface area contributed by atoms with E-state index >= 15 is 0 Å². The number of non-ortho nitro benzene ring substituents is 1. The van der Waals surface area contributed by atoms with Gasteiger partial charge in [-0.15, -0.1) is 0 Å². The third-order valence-electron chi connectivity index (χ3n) is 2.49. The summed E-state index contributed by atoms with van der Waals surface area (Å²) in [5.74, 6) is 0. The fourth-order valence-corrected chi connectivity index (χ4v) is 1.44. The van der Waals surface area contributed by atoms with Crippen molar-refractivity contribution in [3.63, 3.8) is 0 Å². The van der Waals surface area contributed by atoms with Crippen LogP contribution in [-0.2, 0) is 4.74 Å². The zero-order valence-electron chi connectivity index (χ0n) is 10.9. The van der Waals surface area contributed by atoms with Gasteiger partial charge in [-0.25, -0.2) is 4.79 Å². The number of hydrogen-bond acceptors (Lipinski definition) is 4. The van der Waals surface area contributed by atoms with E-state index in [9.17, 15) is 14.9 Å². The highest BCUT2D eigenvalue weighted by Gasteiger charge is 2.10. The molecule has 0 fully saturated rings. The topological polar surface area (TPSA) is 93.5 Å². The summed E-state index contributed by atoms with van der Waals surface area (Å²) < 4.78 is 4.86. The first-order valence-electron chi connectivity index (χ1n) is 5.83. The predicted molar refractivity (Wildman–Crippen MR) is 71.3 cm³/mol. The smallest absolute Gasteiger partial charge is 0.319 e. The minimum atomic E-state index is -0.499. The first kappa shape index (κ1) is 14.9. The number of nitrogens with one attached hydrogen (secondary N) is 2. The second kappa shape index (κ2) is 7.32. The minimum absolute atomic E-state index is 0.0553. The van der Waals surface area contributed by atoms with Gasteiger partial charge in [0, 0.05) is 32.4 Å². The summed E-state index contributed by atoms with van der Waals surface area (Å²) in [5, 5.41) is 15.9. The molecule has 19 heavy (non-hydrogen) atoms. The number of nitro benzene ring substituents is 1. The van der Waals surface area contributed by atoms with Crippen LogP contribution in [0.1, 0.15) is 12.0 Å². The molecule has 7 nitrogen and oxygen atoms in total. The van der Waals surface area contributed by atoms with Crippen LogP contribution in [0.15, 0.2) is 18.2 Å². The number of amides is 2. The van der Waals surface area contributed by atoms with Crippen molar-refractivity contribution in [2.75, 3.05) is 25.6 Å². The van der Waals surface area contributed by atoms with Crippen molar-refractivity contribution in [1.82, 2.24) is 5.32 Å². The third kappa shape index (κ3) is 4.92. The van der Waals surface area contributed by atoms with E-state index in [1.807, 2.05) is 0 Å². The van der Waals surface area contributed by atoms with Crippen LogP contribution in [0.25, 0.3) is 0 Å². The first-order chi connectivity index (χ1) is 9.04. The van der Waals surface area contributed by atoms with Gasteiger partial charge < -0.3 is 15.4 Å². The molecular formula is C12H17N3O4. The van der Waals surface area contributed by atoms with E-state index in [-0.39, 0.29) is 11.7 Å². The molecule has 0 aliphatic carbocycles.